The molecule has 0 atom stereocenters. The van der Waals surface area contributed by atoms with E-state index < -0.39 is 0 Å². The molecule has 5 nitrogen and oxygen atoms in total. The maximum Gasteiger partial charge on any atom is 0.263 e. The quantitative estimate of drug-likeness (QED) is 0.487. The van der Waals surface area contributed by atoms with Crippen molar-refractivity contribution in [1.82, 2.24) is 10.3 Å². The second-order valence-corrected chi connectivity index (χ2v) is 7.69. The number of anilines is 1. The van der Waals surface area contributed by atoms with Gasteiger partial charge < -0.3 is 15.4 Å². The molecule has 0 unspecified atom stereocenters. The number of thiazole rings is 1. The third kappa shape index (κ3) is 5.97. The topological polar surface area (TPSA) is 63.2 Å². The summed E-state index contributed by atoms with van der Waals surface area (Å²) in [6.45, 7) is 3.56. The summed E-state index contributed by atoms with van der Waals surface area (Å²) in [4.78, 5) is 17.5. The number of hydrogen-bond acceptors (Lipinski definition) is 5. The summed E-state index contributed by atoms with van der Waals surface area (Å²) in [5.74, 6) is 0.627. The van der Waals surface area contributed by atoms with Crippen molar-refractivity contribution in [2.75, 3.05) is 18.4 Å². The number of nitrogens with one attached hydrogen (secondary N) is 2. The average molecular weight is 416 g/mol. The molecule has 28 heavy (non-hydrogen) atoms. The smallest absolute Gasteiger partial charge is 0.263 e. The van der Waals surface area contributed by atoms with E-state index in [9.17, 15) is 4.79 Å². The highest BCUT2D eigenvalue weighted by Crippen LogP contribution is 2.21. The normalized spacial score (nSPS) is 10.5. The van der Waals surface area contributed by atoms with Gasteiger partial charge in [-0.25, -0.2) is 4.98 Å². The zero-order valence-corrected chi connectivity index (χ0v) is 17.1. The Morgan fingerprint density at radius 2 is 1.86 bits per heavy atom. The fraction of sp³-hybridized carbons (Fsp3) is 0.238. The van der Waals surface area contributed by atoms with Gasteiger partial charge >= 0.3 is 0 Å². The zero-order chi connectivity index (χ0) is 19.8. The van der Waals surface area contributed by atoms with Gasteiger partial charge in [-0.05, 0) is 49.7 Å². The predicted molar refractivity (Wildman–Crippen MR) is 115 cm³/mol. The number of amides is 1. The van der Waals surface area contributed by atoms with Gasteiger partial charge in [-0.15, -0.1) is 11.3 Å². The Morgan fingerprint density at radius 3 is 2.61 bits per heavy atom. The highest BCUT2D eigenvalue weighted by molar-refractivity contribution is 7.13. The van der Waals surface area contributed by atoms with Gasteiger partial charge in [0.2, 0.25) is 0 Å². The number of carbonyl (C=O) groups excluding carboxylic acids is 1. The molecule has 0 fully saturated rings. The largest absolute Gasteiger partial charge is 0.486 e. The number of benzene rings is 2. The van der Waals surface area contributed by atoms with Crippen LogP contribution in [0.1, 0.15) is 26.8 Å². The van der Waals surface area contributed by atoms with Crippen LogP contribution in [0.25, 0.3) is 0 Å². The van der Waals surface area contributed by atoms with Crippen molar-refractivity contribution in [1.29, 1.82) is 0 Å². The van der Waals surface area contributed by atoms with Gasteiger partial charge in [0.25, 0.3) is 5.91 Å². The third-order valence-corrected chi connectivity index (χ3v) is 5.35. The number of hydrogen-bond donors (Lipinski definition) is 2. The van der Waals surface area contributed by atoms with Crippen LogP contribution in [0.4, 0.5) is 5.69 Å². The molecule has 0 saturated heterocycles. The molecule has 0 aliphatic carbocycles. The molecule has 0 aliphatic rings. The molecule has 0 radical (unpaired) electrons. The van der Waals surface area contributed by atoms with Crippen LogP contribution in [0.2, 0.25) is 5.02 Å². The first-order valence-electron chi connectivity index (χ1n) is 9.03. The average Bonchev–Trinajstić information content (AvgIpc) is 3.09. The lowest BCUT2D eigenvalue weighted by molar-refractivity contribution is 0.0957. The van der Waals surface area contributed by atoms with Crippen LogP contribution in [0.5, 0.6) is 5.75 Å². The maximum atomic E-state index is 12.4. The summed E-state index contributed by atoms with van der Waals surface area (Å²) < 4.78 is 5.70. The van der Waals surface area contributed by atoms with E-state index >= 15 is 0 Å². The lowest BCUT2D eigenvalue weighted by atomic mass is 10.3. The molecule has 1 amide bonds. The van der Waals surface area contributed by atoms with E-state index in [1.807, 2.05) is 37.3 Å². The van der Waals surface area contributed by atoms with Crippen LogP contribution in [0, 0.1) is 6.92 Å². The minimum absolute atomic E-state index is 0.0903. The van der Waals surface area contributed by atoms with Gasteiger partial charge in [0.15, 0.2) is 0 Å². The molecule has 0 aliphatic heterocycles. The first kappa shape index (κ1) is 20.2. The predicted octanol–water partition coefficient (Wildman–Crippen LogP) is 4.92. The van der Waals surface area contributed by atoms with Crippen molar-refractivity contribution in [3.05, 3.63) is 75.2 Å². The second kappa shape index (κ2) is 10.1. The molecule has 1 aromatic heterocycles. The first-order valence-corrected chi connectivity index (χ1v) is 10.2. The monoisotopic (exact) mass is 415 g/mol. The summed E-state index contributed by atoms with van der Waals surface area (Å²) in [6.07, 6.45) is 0.838. The van der Waals surface area contributed by atoms with Crippen LogP contribution in [0.3, 0.4) is 0 Å². The Kier molecular flexibility index (Phi) is 7.28. The molecule has 7 heteroatoms. The summed E-state index contributed by atoms with van der Waals surface area (Å²) in [5.41, 5.74) is 1.80. The van der Waals surface area contributed by atoms with E-state index in [0.29, 0.717) is 28.8 Å². The van der Waals surface area contributed by atoms with E-state index in [-0.39, 0.29) is 5.91 Å². The number of carbonyl (C=O) groups is 1. The van der Waals surface area contributed by atoms with Crippen molar-refractivity contribution in [3.8, 4) is 5.75 Å². The van der Waals surface area contributed by atoms with Gasteiger partial charge in [-0.3, -0.25) is 4.79 Å². The molecule has 3 aromatic rings. The Hall–Kier alpha value is -2.57. The summed E-state index contributed by atoms with van der Waals surface area (Å²) in [5, 5.41) is 7.71. The molecule has 146 valence electrons. The summed E-state index contributed by atoms with van der Waals surface area (Å²) in [6, 6.07) is 17.2. The minimum atomic E-state index is -0.0903. The van der Waals surface area contributed by atoms with Crippen LogP contribution in [0.15, 0.2) is 54.6 Å². The molecule has 2 N–H and O–H groups in total. The number of aryl methyl sites for hydroxylation is 1. The first-order chi connectivity index (χ1) is 13.6. The SMILES string of the molecule is Cc1nc(COc2ccc(Cl)cc2)sc1C(=O)NCCCNc1ccccc1. The van der Waals surface area contributed by atoms with Crippen LogP contribution in [-0.2, 0) is 6.61 Å². The van der Waals surface area contributed by atoms with E-state index in [1.54, 1.807) is 24.3 Å². The van der Waals surface area contributed by atoms with Gasteiger partial charge in [0.1, 0.15) is 22.2 Å². The van der Waals surface area contributed by atoms with Crippen molar-refractivity contribution in [2.24, 2.45) is 0 Å². The summed E-state index contributed by atoms with van der Waals surface area (Å²) in [7, 11) is 0. The highest BCUT2D eigenvalue weighted by atomic mass is 35.5. The van der Waals surface area contributed by atoms with Crippen molar-refractivity contribution in [2.45, 2.75) is 20.0 Å². The standard InChI is InChI=1S/C21H22ClN3O2S/c1-15-20(21(26)24-13-5-12-23-17-6-3-2-4-7-17)28-19(25-15)14-27-18-10-8-16(22)9-11-18/h2-4,6-11,23H,5,12-14H2,1H3,(H,24,26). The van der Waals surface area contributed by atoms with E-state index in [4.69, 9.17) is 16.3 Å². The molecule has 1 heterocycles. The highest BCUT2D eigenvalue weighted by Gasteiger charge is 2.15. The Bertz CT molecular complexity index is 898. The van der Waals surface area contributed by atoms with Crippen LogP contribution < -0.4 is 15.4 Å². The maximum absolute atomic E-state index is 12.4. The van der Waals surface area contributed by atoms with Gasteiger partial charge in [-0.1, -0.05) is 29.8 Å². The molecule has 0 saturated carbocycles. The van der Waals surface area contributed by atoms with Gasteiger partial charge in [0, 0.05) is 23.8 Å². The minimum Gasteiger partial charge on any atom is -0.486 e. The lowest BCUT2D eigenvalue weighted by Crippen LogP contribution is -2.25. The summed E-state index contributed by atoms with van der Waals surface area (Å²) >= 11 is 7.23. The van der Waals surface area contributed by atoms with Gasteiger partial charge in [0.05, 0.1) is 5.69 Å². The van der Waals surface area contributed by atoms with E-state index in [1.165, 1.54) is 11.3 Å². The fourth-order valence-corrected chi connectivity index (χ4v) is 3.58. The molecule has 0 spiro atoms. The molecular weight excluding hydrogens is 394 g/mol. The van der Waals surface area contributed by atoms with Crippen LogP contribution >= 0.6 is 22.9 Å². The fourth-order valence-electron chi connectivity index (χ4n) is 2.56. The number of ether oxygens (including phenoxy) is 1. The second-order valence-electron chi connectivity index (χ2n) is 6.17. The number of nitrogens with zero attached hydrogens (tertiary/aromatic N) is 1. The zero-order valence-electron chi connectivity index (χ0n) is 15.6. The number of rotatable bonds is 9. The molecule has 0 bridgehead atoms. The Morgan fingerprint density at radius 1 is 1.11 bits per heavy atom. The van der Waals surface area contributed by atoms with E-state index in [2.05, 4.69) is 15.6 Å². The van der Waals surface area contributed by atoms with Crippen LogP contribution in [-0.4, -0.2) is 24.0 Å². The van der Waals surface area contributed by atoms with E-state index in [0.717, 1.165) is 29.4 Å². The Balaban J connectivity index is 1.42. The molecular formula is C21H22ClN3O2S. The third-order valence-electron chi connectivity index (χ3n) is 3.97. The molecule has 3 rings (SSSR count). The number of para-hydroxylation sites is 1. The number of halogens is 1. The number of aromatic nitrogens is 1. The van der Waals surface area contributed by atoms with Crippen molar-refractivity contribution >= 4 is 34.5 Å². The molecule has 2 aromatic carbocycles. The van der Waals surface area contributed by atoms with Crippen molar-refractivity contribution < 1.29 is 9.53 Å². The van der Waals surface area contributed by atoms with Crippen molar-refractivity contribution in [3.63, 3.8) is 0 Å². The lowest BCUT2D eigenvalue weighted by Gasteiger charge is -2.07. The Labute approximate surface area is 173 Å². The van der Waals surface area contributed by atoms with Gasteiger partial charge in [-0.2, -0.15) is 0 Å².